The van der Waals surface area contributed by atoms with Crippen LogP contribution in [0.1, 0.15) is 0 Å². The van der Waals surface area contributed by atoms with Crippen molar-refractivity contribution in [1.29, 1.82) is 0 Å². The molecule has 0 unspecified atom stereocenters. The van der Waals surface area contributed by atoms with E-state index in [1.807, 2.05) is 48.5 Å². The summed E-state index contributed by atoms with van der Waals surface area (Å²) in [5.41, 5.74) is 0.633. The third-order valence-electron chi connectivity index (χ3n) is 3.84. The number of benzene rings is 2. The van der Waals surface area contributed by atoms with Crippen LogP contribution in [0.5, 0.6) is 0 Å². The molecule has 1 aromatic heterocycles. The highest BCUT2D eigenvalue weighted by atomic mass is 32.2. The SMILES string of the molecule is CN(CC(=O)Nc1ccccc1Sc1ccccc1)S(=O)(=O)c1cccnc1. The number of anilines is 1. The van der Waals surface area contributed by atoms with Crippen molar-refractivity contribution >= 4 is 33.4 Å². The smallest absolute Gasteiger partial charge is 0.244 e. The molecule has 0 atom stereocenters. The lowest BCUT2D eigenvalue weighted by molar-refractivity contribution is -0.116. The summed E-state index contributed by atoms with van der Waals surface area (Å²) in [5, 5.41) is 2.80. The minimum Gasteiger partial charge on any atom is -0.324 e. The van der Waals surface area contributed by atoms with Crippen LogP contribution in [-0.4, -0.2) is 37.2 Å². The molecule has 3 rings (SSSR count). The van der Waals surface area contributed by atoms with E-state index in [2.05, 4.69) is 10.3 Å². The Bertz CT molecular complexity index is 1040. The van der Waals surface area contributed by atoms with Crippen LogP contribution >= 0.6 is 11.8 Å². The monoisotopic (exact) mass is 413 g/mol. The molecule has 0 fully saturated rings. The van der Waals surface area contributed by atoms with Crippen molar-refractivity contribution in [3.05, 3.63) is 79.1 Å². The topological polar surface area (TPSA) is 79.4 Å². The second-order valence-corrected chi connectivity index (χ2v) is 9.07. The van der Waals surface area contributed by atoms with Crippen LogP contribution in [-0.2, 0) is 14.8 Å². The van der Waals surface area contributed by atoms with Gasteiger partial charge in [0.2, 0.25) is 15.9 Å². The quantitative estimate of drug-likeness (QED) is 0.641. The molecule has 0 spiro atoms. The Morgan fingerprint density at radius 3 is 2.46 bits per heavy atom. The fourth-order valence-corrected chi connectivity index (χ4v) is 4.45. The van der Waals surface area contributed by atoms with Gasteiger partial charge < -0.3 is 5.32 Å². The predicted octanol–water partition coefficient (Wildman–Crippen LogP) is 3.49. The first-order valence-electron chi connectivity index (χ1n) is 8.45. The number of hydrogen-bond acceptors (Lipinski definition) is 5. The van der Waals surface area contributed by atoms with E-state index in [0.717, 1.165) is 14.1 Å². The molecule has 0 saturated carbocycles. The highest BCUT2D eigenvalue weighted by Crippen LogP contribution is 2.33. The number of rotatable bonds is 7. The lowest BCUT2D eigenvalue weighted by Crippen LogP contribution is -2.35. The number of sulfonamides is 1. The Labute approximate surface area is 168 Å². The number of aromatic nitrogens is 1. The lowest BCUT2D eigenvalue weighted by atomic mass is 10.3. The molecule has 0 bridgehead atoms. The molecule has 2 aromatic carbocycles. The van der Waals surface area contributed by atoms with Crippen LogP contribution in [0, 0.1) is 0 Å². The molecule has 28 heavy (non-hydrogen) atoms. The first-order chi connectivity index (χ1) is 13.5. The van der Waals surface area contributed by atoms with Gasteiger partial charge in [-0.15, -0.1) is 0 Å². The van der Waals surface area contributed by atoms with Crippen LogP contribution in [0.25, 0.3) is 0 Å². The number of amides is 1. The summed E-state index contributed by atoms with van der Waals surface area (Å²) in [5.74, 6) is -0.420. The molecule has 0 aliphatic heterocycles. The number of nitrogens with zero attached hydrogens (tertiary/aromatic N) is 2. The minimum absolute atomic E-state index is 0.0466. The Hall–Kier alpha value is -2.68. The third-order valence-corrected chi connectivity index (χ3v) is 6.71. The first kappa shape index (κ1) is 20.1. The minimum atomic E-state index is -3.78. The normalized spacial score (nSPS) is 11.4. The standard InChI is InChI=1S/C20H19N3O3S2/c1-23(28(25,26)17-10-7-13-21-14-17)15-20(24)22-18-11-5-6-12-19(18)27-16-8-3-2-4-9-16/h2-14H,15H2,1H3,(H,22,24). The second kappa shape index (κ2) is 9.01. The fraction of sp³-hybridized carbons (Fsp3) is 0.100. The van der Waals surface area contributed by atoms with Gasteiger partial charge in [-0.3, -0.25) is 9.78 Å². The Morgan fingerprint density at radius 2 is 1.75 bits per heavy atom. The highest BCUT2D eigenvalue weighted by molar-refractivity contribution is 7.99. The van der Waals surface area contributed by atoms with Gasteiger partial charge in [0, 0.05) is 29.2 Å². The molecule has 0 radical (unpaired) electrons. The molecule has 6 nitrogen and oxygen atoms in total. The van der Waals surface area contributed by atoms with Crippen molar-refractivity contribution in [2.75, 3.05) is 18.9 Å². The van der Waals surface area contributed by atoms with Crippen LogP contribution in [0.15, 0.2) is 93.8 Å². The number of hydrogen-bond donors (Lipinski definition) is 1. The van der Waals surface area contributed by atoms with Crippen molar-refractivity contribution in [3.63, 3.8) is 0 Å². The van der Waals surface area contributed by atoms with Crippen molar-refractivity contribution in [1.82, 2.24) is 9.29 Å². The van der Waals surface area contributed by atoms with E-state index < -0.39 is 15.9 Å². The van der Waals surface area contributed by atoms with Gasteiger partial charge in [0.25, 0.3) is 0 Å². The van der Waals surface area contributed by atoms with Crippen LogP contribution in [0.4, 0.5) is 5.69 Å². The maximum absolute atomic E-state index is 12.5. The van der Waals surface area contributed by atoms with Crippen molar-refractivity contribution in [2.45, 2.75) is 14.7 Å². The van der Waals surface area contributed by atoms with E-state index in [0.29, 0.717) is 5.69 Å². The van der Waals surface area contributed by atoms with E-state index in [1.165, 1.54) is 43.3 Å². The van der Waals surface area contributed by atoms with E-state index in [-0.39, 0.29) is 11.4 Å². The number of carbonyl (C=O) groups is 1. The number of likely N-dealkylation sites (N-methyl/N-ethyl adjacent to an activating group) is 1. The summed E-state index contributed by atoms with van der Waals surface area (Å²) in [6.45, 7) is -0.304. The Kier molecular flexibility index (Phi) is 6.45. The number of carbonyl (C=O) groups excluding carboxylic acids is 1. The van der Waals surface area contributed by atoms with Gasteiger partial charge in [-0.25, -0.2) is 8.42 Å². The lowest BCUT2D eigenvalue weighted by Gasteiger charge is -2.17. The molecular weight excluding hydrogens is 394 g/mol. The Balaban J connectivity index is 1.70. The summed E-state index contributed by atoms with van der Waals surface area (Å²) in [6.07, 6.45) is 2.75. The molecule has 1 N–H and O–H groups in total. The first-order valence-corrected chi connectivity index (χ1v) is 10.7. The van der Waals surface area contributed by atoms with E-state index >= 15 is 0 Å². The van der Waals surface area contributed by atoms with Gasteiger partial charge in [-0.05, 0) is 36.4 Å². The largest absolute Gasteiger partial charge is 0.324 e. The van der Waals surface area contributed by atoms with Gasteiger partial charge in [-0.2, -0.15) is 4.31 Å². The van der Waals surface area contributed by atoms with Crippen LogP contribution in [0.2, 0.25) is 0 Å². The summed E-state index contributed by atoms with van der Waals surface area (Å²) in [6, 6.07) is 20.2. The van der Waals surface area contributed by atoms with Crippen LogP contribution < -0.4 is 5.32 Å². The summed E-state index contributed by atoms with van der Waals surface area (Å²) in [7, 11) is -2.41. The number of para-hydroxylation sites is 1. The molecule has 0 aliphatic carbocycles. The molecule has 8 heteroatoms. The molecule has 3 aromatic rings. The highest BCUT2D eigenvalue weighted by Gasteiger charge is 2.23. The molecule has 1 heterocycles. The van der Waals surface area contributed by atoms with Gasteiger partial charge in [0.1, 0.15) is 4.90 Å². The van der Waals surface area contributed by atoms with Crippen molar-refractivity contribution < 1.29 is 13.2 Å². The fourth-order valence-electron chi connectivity index (χ4n) is 2.43. The van der Waals surface area contributed by atoms with Crippen molar-refractivity contribution in [3.8, 4) is 0 Å². The average Bonchev–Trinajstić information content (AvgIpc) is 2.71. The third kappa shape index (κ3) is 4.98. The van der Waals surface area contributed by atoms with Crippen LogP contribution in [0.3, 0.4) is 0 Å². The van der Waals surface area contributed by atoms with Crippen molar-refractivity contribution in [2.24, 2.45) is 0 Å². The maximum atomic E-state index is 12.5. The molecule has 1 amide bonds. The van der Waals surface area contributed by atoms with E-state index in [4.69, 9.17) is 0 Å². The van der Waals surface area contributed by atoms with Gasteiger partial charge in [0.05, 0.1) is 12.2 Å². The maximum Gasteiger partial charge on any atom is 0.244 e. The van der Waals surface area contributed by atoms with Gasteiger partial charge >= 0.3 is 0 Å². The Morgan fingerprint density at radius 1 is 1.04 bits per heavy atom. The summed E-state index contributed by atoms with van der Waals surface area (Å²) in [4.78, 5) is 18.2. The van der Waals surface area contributed by atoms with E-state index in [1.54, 1.807) is 6.07 Å². The predicted molar refractivity (Wildman–Crippen MR) is 110 cm³/mol. The molecule has 144 valence electrons. The van der Waals surface area contributed by atoms with Gasteiger partial charge in [-0.1, -0.05) is 42.1 Å². The molecule has 0 saturated heterocycles. The van der Waals surface area contributed by atoms with E-state index in [9.17, 15) is 13.2 Å². The average molecular weight is 414 g/mol. The number of nitrogens with one attached hydrogen (secondary N) is 1. The summed E-state index contributed by atoms with van der Waals surface area (Å²) < 4.78 is 26.1. The second-order valence-electron chi connectivity index (χ2n) is 5.91. The zero-order valence-corrected chi connectivity index (χ0v) is 16.8. The summed E-state index contributed by atoms with van der Waals surface area (Å²) >= 11 is 1.52. The zero-order valence-electron chi connectivity index (χ0n) is 15.1. The zero-order chi connectivity index (χ0) is 20.0. The number of pyridine rings is 1. The van der Waals surface area contributed by atoms with Gasteiger partial charge in [0.15, 0.2) is 0 Å². The molecular formula is C20H19N3O3S2. The molecule has 0 aliphatic rings.